The lowest BCUT2D eigenvalue weighted by Crippen LogP contribution is -2.22. The second-order valence-electron chi connectivity index (χ2n) is 4.42. The first kappa shape index (κ1) is 18.0. The average molecular weight is 363 g/mol. The number of benzene rings is 2. The number of hydrogen-bond donors (Lipinski definition) is 3. The van der Waals surface area contributed by atoms with Crippen molar-refractivity contribution in [1.82, 2.24) is 0 Å². The molecule has 0 unspecified atom stereocenters. The van der Waals surface area contributed by atoms with Gasteiger partial charge < -0.3 is 5.73 Å². The predicted octanol–water partition coefficient (Wildman–Crippen LogP) is 3.04. The minimum Gasteiger partial charge on any atom is -0.382 e. The second kappa shape index (κ2) is 6.27. The highest BCUT2D eigenvalue weighted by molar-refractivity contribution is 6.45. The van der Waals surface area contributed by atoms with Crippen molar-refractivity contribution in [3.8, 4) is 6.07 Å². The molecule has 0 bridgehead atoms. The largest absolute Gasteiger partial charge is 0.382 e. The third-order valence-electron chi connectivity index (χ3n) is 2.98. The smallest absolute Gasteiger partial charge is 0.201 e. The molecule has 0 fully saturated rings. The van der Waals surface area contributed by atoms with Crippen LogP contribution in [0.15, 0.2) is 5.10 Å². The van der Waals surface area contributed by atoms with Crippen LogP contribution in [0.1, 0.15) is 0 Å². The molecular formula is C13H4F7N5. The fourth-order valence-electron chi connectivity index (χ4n) is 1.84. The van der Waals surface area contributed by atoms with Gasteiger partial charge in [0.15, 0.2) is 46.6 Å². The van der Waals surface area contributed by atoms with Crippen molar-refractivity contribution in [2.45, 2.75) is 0 Å². The van der Waals surface area contributed by atoms with E-state index >= 15 is 0 Å². The van der Waals surface area contributed by atoms with E-state index in [0.717, 1.165) is 0 Å². The Morgan fingerprint density at radius 2 is 1.28 bits per heavy atom. The molecule has 0 saturated heterocycles. The van der Waals surface area contributed by atoms with Gasteiger partial charge >= 0.3 is 0 Å². The summed E-state index contributed by atoms with van der Waals surface area (Å²) in [4.78, 5) is 0. The topological polar surface area (TPSA) is 98.0 Å². The molecule has 0 aromatic heterocycles. The molecule has 0 amide bonds. The van der Waals surface area contributed by atoms with E-state index in [1.54, 1.807) is 0 Å². The summed E-state index contributed by atoms with van der Waals surface area (Å²) < 4.78 is 95.6. The Labute approximate surface area is 133 Å². The number of nitrogens with zero attached hydrogens (tertiary/aromatic N) is 2. The SMILES string of the molecule is N#C/C(=N\Nc1c(F)c(F)c2c(F)c(F)c(F)c(F)c2c1F)C(=N)N. The van der Waals surface area contributed by atoms with Crippen LogP contribution >= 0.6 is 0 Å². The van der Waals surface area contributed by atoms with Crippen molar-refractivity contribution >= 4 is 28.0 Å². The monoisotopic (exact) mass is 363 g/mol. The summed E-state index contributed by atoms with van der Waals surface area (Å²) in [7, 11) is 0. The first-order chi connectivity index (χ1) is 11.6. The highest BCUT2D eigenvalue weighted by atomic mass is 19.2. The molecule has 25 heavy (non-hydrogen) atoms. The molecule has 5 nitrogen and oxygen atoms in total. The number of nitrogens with one attached hydrogen (secondary N) is 2. The van der Waals surface area contributed by atoms with Crippen LogP contribution in [0.3, 0.4) is 0 Å². The molecule has 130 valence electrons. The van der Waals surface area contributed by atoms with Gasteiger partial charge in [0, 0.05) is 0 Å². The molecule has 0 aliphatic heterocycles. The van der Waals surface area contributed by atoms with E-state index in [0.29, 0.717) is 0 Å². The Morgan fingerprint density at radius 1 is 0.840 bits per heavy atom. The fourth-order valence-corrected chi connectivity index (χ4v) is 1.84. The number of fused-ring (bicyclic) bond motifs is 1. The highest BCUT2D eigenvalue weighted by Gasteiger charge is 2.30. The summed E-state index contributed by atoms with van der Waals surface area (Å²) in [6.45, 7) is 0. The molecule has 0 aliphatic rings. The van der Waals surface area contributed by atoms with E-state index in [-0.39, 0.29) is 0 Å². The lowest BCUT2D eigenvalue weighted by atomic mass is 10.1. The van der Waals surface area contributed by atoms with Gasteiger partial charge in [0.2, 0.25) is 5.71 Å². The second-order valence-corrected chi connectivity index (χ2v) is 4.42. The Kier molecular flexibility index (Phi) is 4.51. The zero-order chi connectivity index (χ0) is 19.0. The third kappa shape index (κ3) is 2.69. The van der Waals surface area contributed by atoms with Crippen molar-refractivity contribution in [3.05, 3.63) is 40.7 Å². The van der Waals surface area contributed by atoms with Crippen LogP contribution in [0.2, 0.25) is 0 Å². The van der Waals surface area contributed by atoms with Gasteiger partial charge in [-0.2, -0.15) is 10.4 Å². The van der Waals surface area contributed by atoms with Gasteiger partial charge in [0.25, 0.3) is 0 Å². The van der Waals surface area contributed by atoms with Crippen LogP contribution in [0, 0.1) is 57.5 Å². The summed E-state index contributed by atoms with van der Waals surface area (Å²) >= 11 is 0. The quantitative estimate of drug-likeness (QED) is 0.195. The number of amidine groups is 1. The van der Waals surface area contributed by atoms with E-state index in [2.05, 4.69) is 5.10 Å². The molecule has 2 rings (SSSR count). The predicted molar refractivity (Wildman–Crippen MR) is 72.2 cm³/mol. The summed E-state index contributed by atoms with van der Waals surface area (Å²) in [5.74, 6) is -16.9. The van der Waals surface area contributed by atoms with E-state index in [9.17, 15) is 30.7 Å². The van der Waals surface area contributed by atoms with Crippen molar-refractivity contribution in [1.29, 1.82) is 10.7 Å². The maximum absolute atomic E-state index is 14.2. The molecule has 0 saturated carbocycles. The van der Waals surface area contributed by atoms with Gasteiger partial charge in [-0.3, -0.25) is 10.8 Å². The van der Waals surface area contributed by atoms with E-state index < -0.39 is 68.7 Å². The van der Waals surface area contributed by atoms with Gasteiger partial charge in [-0.15, -0.1) is 0 Å². The van der Waals surface area contributed by atoms with Crippen molar-refractivity contribution in [3.63, 3.8) is 0 Å². The van der Waals surface area contributed by atoms with E-state index in [4.69, 9.17) is 16.4 Å². The Morgan fingerprint density at radius 3 is 1.72 bits per heavy atom. The van der Waals surface area contributed by atoms with Crippen LogP contribution in [0.25, 0.3) is 10.8 Å². The molecule has 12 heteroatoms. The number of hydrazone groups is 1. The number of halogens is 7. The van der Waals surface area contributed by atoms with E-state index in [1.807, 2.05) is 0 Å². The standard InChI is InChI=1S/C13H4F7N5/c14-5-3-4(6(15)10(19)9(5)18)8(17)12(11(20)7(3)16)25-24-2(1-21)13(22)23/h25H,(H3,22,23)/b24-2+. The Balaban J connectivity index is 2.86. The van der Waals surface area contributed by atoms with Gasteiger partial charge in [0.1, 0.15) is 11.8 Å². The molecule has 0 aliphatic carbocycles. The molecule has 2 aromatic rings. The number of hydrogen-bond acceptors (Lipinski definition) is 4. The van der Waals surface area contributed by atoms with Crippen molar-refractivity contribution < 1.29 is 30.7 Å². The molecule has 0 atom stereocenters. The van der Waals surface area contributed by atoms with E-state index in [1.165, 1.54) is 11.5 Å². The molecule has 4 N–H and O–H groups in total. The zero-order valence-electron chi connectivity index (χ0n) is 11.6. The molecule has 0 heterocycles. The maximum atomic E-state index is 14.2. The summed E-state index contributed by atoms with van der Waals surface area (Å²) in [5.41, 5.74) is 3.98. The number of rotatable bonds is 3. The Hall–Kier alpha value is -3.36. The maximum Gasteiger partial charge on any atom is 0.201 e. The normalized spacial score (nSPS) is 11.5. The minimum absolute atomic E-state index is 0.878. The summed E-state index contributed by atoms with van der Waals surface area (Å²) in [5, 5.41) is 15.0. The van der Waals surface area contributed by atoms with Crippen LogP contribution in [-0.2, 0) is 0 Å². The van der Waals surface area contributed by atoms with Gasteiger partial charge in [-0.05, 0) is 0 Å². The van der Waals surface area contributed by atoms with Crippen molar-refractivity contribution in [2.75, 3.05) is 5.43 Å². The highest BCUT2D eigenvalue weighted by Crippen LogP contribution is 2.36. The van der Waals surface area contributed by atoms with Crippen LogP contribution < -0.4 is 11.2 Å². The fraction of sp³-hybridized carbons (Fsp3) is 0. The Bertz CT molecular complexity index is 993. The van der Waals surface area contributed by atoms with Crippen LogP contribution in [0.5, 0.6) is 0 Å². The van der Waals surface area contributed by atoms with Crippen LogP contribution in [0.4, 0.5) is 36.4 Å². The zero-order valence-corrected chi connectivity index (χ0v) is 11.6. The van der Waals surface area contributed by atoms with Gasteiger partial charge in [0.05, 0.1) is 10.8 Å². The molecule has 0 spiro atoms. The average Bonchev–Trinajstić information content (AvgIpc) is 2.57. The van der Waals surface area contributed by atoms with Crippen LogP contribution in [-0.4, -0.2) is 11.5 Å². The first-order valence-electron chi connectivity index (χ1n) is 6.03. The van der Waals surface area contributed by atoms with Crippen molar-refractivity contribution in [2.24, 2.45) is 10.8 Å². The summed E-state index contributed by atoms with van der Waals surface area (Å²) in [6.07, 6.45) is 0. The van der Waals surface area contributed by atoms with Gasteiger partial charge in [-0.25, -0.2) is 30.7 Å². The third-order valence-corrected chi connectivity index (χ3v) is 2.98. The summed E-state index contributed by atoms with van der Waals surface area (Å²) in [6, 6.07) is 1.26. The number of anilines is 1. The first-order valence-corrected chi connectivity index (χ1v) is 6.03. The molecule has 2 aromatic carbocycles. The van der Waals surface area contributed by atoms with Gasteiger partial charge in [-0.1, -0.05) is 0 Å². The number of nitriles is 1. The lowest BCUT2D eigenvalue weighted by Gasteiger charge is -2.12. The minimum atomic E-state index is -2.45. The molecule has 0 radical (unpaired) electrons. The lowest BCUT2D eigenvalue weighted by molar-refractivity contribution is 0.412. The number of nitrogens with two attached hydrogens (primary N) is 1. The molecular weight excluding hydrogens is 359 g/mol.